The summed E-state index contributed by atoms with van der Waals surface area (Å²) in [6.45, 7) is 8.29. The zero-order valence-corrected chi connectivity index (χ0v) is 14.5. The first-order chi connectivity index (χ1) is 10.8. The number of methoxy groups -OCH3 is 1. The largest absolute Gasteiger partial charge is 0.382 e. The quantitative estimate of drug-likeness (QED) is 0.316. The topological polar surface area (TPSA) is 55.3 Å². The molecule has 0 heterocycles. The first-order valence-corrected chi connectivity index (χ1v) is 8.41. The molecule has 1 aliphatic rings. The smallest absolute Gasteiger partial charge is 0.193 e. The maximum Gasteiger partial charge on any atom is 0.193 e. The Hall–Kier alpha value is -0.850. The van der Waals surface area contributed by atoms with Crippen LogP contribution in [0, 0.1) is 5.92 Å². The van der Waals surface area contributed by atoms with Gasteiger partial charge in [-0.1, -0.05) is 0 Å². The Balaban J connectivity index is 2.12. The Morgan fingerprint density at radius 3 is 2.68 bits per heavy atom. The van der Waals surface area contributed by atoms with E-state index in [9.17, 15) is 0 Å². The van der Waals surface area contributed by atoms with Gasteiger partial charge < -0.3 is 24.4 Å². The lowest BCUT2D eigenvalue weighted by atomic mass is 10.4. The molecule has 1 fully saturated rings. The van der Waals surface area contributed by atoms with Crippen LogP contribution in [0.25, 0.3) is 0 Å². The molecule has 0 spiro atoms. The molecule has 0 aliphatic heterocycles. The zero-order chi connectivity index (χ0) is 16.0. The Morgan fingerprint density at radius 1 is 1.18 bits per heavy atom. The number of likely N-dealkylation sites (N-methyl/N-ethyl adjacent to an activating group) is 1. The van der Waals surface area contributed by atoms with Gasteiger partial charge in [0.15, 0.2) is 5.96 Å². The van der Waals surface area contributed by atoms with E-state index in [0.29, 0.717) is 13.2 Å². The summed E-state index contributed by atoms with van der Waals surface area (Å²) in [4.78, 5) is 6.75. The van der Waals surface area contributed by atoms with Gasteiger partial charge in [0.2, 0.25) is 0 Å². The third-order valence-corrected chi connectivity index (χ3v) is 3.46. The molecular formula is C16H33N3O3. The normalized spacial score (nSPS) is 15.1. The van der Waals surface area contributed by atoms with E-state index in [1.807, 2.05) is 0 Å². The summed E-state index contributed by atoms with van der Waals surface area (Å²) in [7, 11) is 3.73. The van der Waals surface area contributed by atoms with Crippen molar-refractivity contribution in [2.75, 3.05) is 66.8 Å². The second-order valence-corrected chi connectivity index (χ2v) is 5.63. The molecule has 1 N–H and O–H groups in total. The van der Waals surface area contributed by atoms with Gasteiger partial charge >= 0.3 is 0 Å². The maximum absolute atomic E-state index is 5.68. The molecule has 6 nitrogen and oxygen atoms in total. The maximum atomic E-state index is 5.68. The monoisotopic (exact) mass is 315 g/mol. The lowest BCUT2D eigenvalue weighted by molar-refractivity contribution is 0.0702. The van der Waals surface area contributed by atoms with E-state index in [1.165, 1.54) is 12.8 Å². The molecule has 0 amide bonds. The lowest BCUT2D eigenvalue weighted by Gasteiger charge is -2.22. The standard InChI is InChI=1S/C16H33N3O3/c1-4-17-16(18-8-5-10-21-13-12-20-3)19(2)9-11-22-14-15-6-7-15/h15H,4-14H2,1-3H3,(H,17,18). The minimum absolute atomic E-state index is 0.648. The number of guanidine groups is 1. The number of hydrogen-bond acceptors (Lipinski definition) is 4. The summed E-state index contributed by atoms with van der Waals surface area (Å²) >= 11 is 0. The highest BCUT2D eigenvalue weighted by Gasteiger charge is 2.21. The van der Waals surface area contributed by atoms with Crippen LogP contribution in [0.1, 0.15) is 26.2 Å². The number of ether oxygens (including phenoxy) is 3. The summed E-state index contributed by atoms with van der Waals surface area (Å²) in [6.07, 6.45) is 3.60. The van der Waals surface area contributed by atoms with Crippen LogP contribution >= 0.6 is 0 Å². The molecule has 130 valence electrons. The predicted molar refractivity (Wildman–Crippen MR) is 89.5 cm³/mol. The number of aliphatic imine (C=N–C) groups is 1. The molecule has 0 unspecified atom stereocenters. The molecule has 1 saturated carbocycles. The fourth-order valence-electron chi connectivity index (χ4n) is 1.91. The van der Waals surface area contributed by atoms with Gasteiger partial charge in [0.1, 0.15) is 0 Å². The van der Waals surface area contributed by atoms with Gasteiger partial charge in [0, 0.05) is 47.0 Å². The Bertz CT molecular complexity index is 296. The van der Waals surface area contributed by atoms with Crippen molar-refractivity contribution in [3.05, 3.63) is 0 Å². The molecule has 0 atom stereocenters. The van der Waals surface area contributed by atoms with Gasteiger partial charge in [-0.15, -0.1) is 0 Å². The second kappa shape index (κ2) is 12.7. The fraction of sp³-hybridized carbons (Fsp3) is 0.938. The fourth-order valence-corrected chi connectivity index (χ4v) is 1.91. The third-order valence-electron chi connectivity index (χ3n) is 3.46. The van der Waals surface area contributed by atoms with Crippen molar-refractivity contribution in [2.45, 2.75) is 26.2 Å². The molecule has 6 heteroatoms. The molecule has 22 heavy (non-hydrogen) atoms. The number of nitrogens with zero attached hydrogens (tertiary/aromatic N) is 2. The van der Waals surface area contributed by atoms with E-state index < -0.39 is 0 Å². The van der Waals surface area contributed by atoms with Crippen molar-refractivity contribution in [3.63, 3.8) is 0 Å². The van der Waals surface area contributed by atoms with Gasteiger partial charge in [0.25, 0.3) is 0 Å². The average Bonchev–Trinajstić information content (AvgIpc) is 3.33. The summed E-state index contributed by atoms with van der Waals surface area (Å²) < 4.78 is 16.1. The highest BCUT2D eigenvalue weighted by molar-refractivity contribution is 5.79. The van der Waals surface area contributed by atoms with Gasteiger partial charge in [-0.25, -0.2) is 0 Å². The zero-order valence-electron chi connectivity index (χ0n) is 14.5. The van der Waals surface area contributed by atoms with Crippen molar-refractivity contribution in [2.24, 2.45) is 10.9 Å². The summed E-state index contributed by atoms with van der Waals surface area (Å²) in [5, 5.41) is 3.32. The van der Waals surface area contributed by atoms with Gasteiger partial charge in [0.05, 0.1) is 19.8 Å². The van der Waals surface area contributed by atoms with Gasteiger partial charge in [-0.3, -0.25) is 4.99 Å². The van der Waals surface area contributed by atoms with E-state index >= 15 is 0 Å². The molecule has 1 aliphatic carbocycles. The first kappa shape index (κ1) is 19.2. The highest BCUT2D eigenvalue weighted by atomic mass is 16.5. The van der Waals surface area contributed by atoms with E-state index in [2.05, 4.69) is 29.2 Å². The minimum atomic E-state index is 0.648. The Morgan fingerprint density at radius 2 is 2.00 bits per heavy atom. The number of hydrogen-bond donors (Lipinski definition) is 1. The van der Waals surface area contributed by atoms with Crippen LogP contribution in [-0.4, -0.2) is 77.7 Å². The van der Waals surface area contributed by atoms with Crippen LogP contribution in [0.2, 0.25) is 0 Å². The van der Waals surface area contributed by atoms with Crippen LogP contribution < -0.4 is 5.32 Å². The lowest BCUT2D eigenvalue weighted by Crippen LogP contribution is -2.40. The van der Waals surface area contributed by atoms with E-state index in [4.69, 9.17) is 14.2 Å². The van der Waals surface area contributed by atoms with E-state index in [0.717, 1.165) is 57.8 Å². The van der Waals surface area contributed by atoms with Crippen molar-refractivity contribution in [1.29, 1.82) is 0 Å². The number of rotatable bonds is 13. The predicted octanol–water partition coefficient (Wildman–Crippen LogP) is 1.36. The SMILES string of the molecule is CCNC(=NCCCOCCOC)N(C)CCOCC1CC1. The minimum Gasteiger partial charge on any atom is -0.382 e. The van der Waals surface area contributed by atoms with Crippen LogP contribution in [0.3, 0.4) is 0 Å². The van der Waals surface area contributed by atoms with Crippen molar-refractivity contribution in [1.82, 2.24) is 10.2 Å². The molecule has 0 aromatic rings. The highest BCUT2D eigenvalue weighted by Crippen LogP contribution is 2.28. The van der Waals surface area contributed by atoms with Crippen LogP contribution in [0.15, 0.2) is 4.99 Å². The van der Waals surface area contributed by atoms with E-state index in [-0.39, 0.29) is 0 Å². The second-order valence-electron chi connectivity index (χ2n) is 5.63. The van der Waals surface area contributed by atoms with Crippen molar-refractivity contribution >= 4 is 5.96 Å². The number of nitrogens with one attached hydrogen (secondary N) is 1. The van der Waals surface area contributed by atoms with Gasteiger partial charge in [-0.05, 0) is 32.1 Å². The summed E-state index contributed by atoms with van der Waals surface area (Å²) in [5.74, 6) is 1.76. The van der Waals surface area contributed by atoms with Crippen molar-refractivity contribution in [3.8, 4) is 0 Å². The summed E-state index contributed by atoms with van der Waals surface area (Å²) in [5.41, 5.74) is 0. The first-order valence-electron chi connectivity index (χ1n) is 8.41. The average molecular weight is 315 g/mol. The van der Waals surface area contributed by atoms with E-state index in [1.54, 1.807) is 7.11 Å². The molecule has 1 rings (SSSR count). The Kier molecular flexibility index (Phi) is 11.1. The third kappa shape index (κ3) is 9.97. The molecular weight excluding hydrogens is 282 g/mol. The van der Waals surface area contributed by atoms with Crippen LogP contribution in [0.4, 0.5) is 0 Å². The van der Waals surface area contributed by atoms with Crippen LogP contribution in [-0.2, 0) is 14.2 Å². The summed E-state index contributed by atoms with van der Waals surface area (Å²) in [6, 6.07) is 0. The van der Waals surface area contributed by atoms with Crippen molar-refractivity contribution < 1.29 is 14.2 Å². The molecule has 0 bridgehead atoms. The van der Waals surface area contributed by atoms with Gasteiger partial charge in [-0.2, -0.15) is 0 Å². The Labute approximate surface area is 135 Å². The molecule has 0 aromatic carbocycles. The molecule has 0 aromatic heterocycles. The molecule has 0 saturated heterocycles. The molecule has 0 radical (unpaired) electrons. The van der Waals surface area contributed by atoms with Crippen LogP contribution in [0.5, 0.6) is 0 Å².